The summed E-state index contributed by atoms with van der Waals surface area (Å²) in [7, 11) is 1.56. The zero-order valence-corrected chi connectivity index (χ0v) is 12.3. The molecule has 1 heterocycles. The van der Waals surface area contributed by atoms with Crippen LogP contribution in [0.25, 0.3) is 21.3 Å². The standard InChI is InChI=1S/C14H9Cl2NOS/c1-18-10-7-6-9(12(15)13(10)16)14-8-4-2-3-5-11(8)19-17-14/h2-7H,1H3. The maximum atomic E-state index is 6.32. The first-order valence-corrected chi connectivity index (χ1v) is 7.12. The van der Waals surface area contributed by atoms with Gasteiger partial charge in [0.25, 0.3) is 0 Å². The Morgan fingerprint density at radius 3 is 2.63 bits per heavy atom. The maximum absolute atomic E-state index is 6.32. The van der Waals surface area contributed by atoms with Gasteiger partial charge in [-0.25, -0.2) is 0 Å². The fourth-order valence-electron chi connectivity index (χ4n) is 1.95. The lowest BCUT2D eigenvalue weighted by atomic mass is 10.1. The van der Waals surface area contributed by atoms with E-state index in [4.69, 9.17) is 27.9 Å². The molecule has 0 unspecified atom stereocenters. The smallest absolute Gasteiger partial charge is 0.139 e. The van der Waals surface area contributed by atoms with Crippen LogP contribution < -0.4 is 4.74 Å². The Hall–Kier alpha value is -1.29. The van der Waals surface area contributed by atoms with Crippen molar-refractivity contribution in [2.24, 2.45) is 0 Å². The number of fused-ring (bicyclic) bond motifs is 1. The SMILES string of the molecule is COc1ccc(-c2nsc3ccccc23)c(Cl)c1Cl. The van der Waals surface area contributed by atoms with Gasteiger partial charge in [0.2, 0.25) is 0 Å². The van der Waals surface area contributed by atoms with E-state index < -0.39 is 0 Å². The largest absolute Gasteiger partial charge is 0.495 e. The molecule has 0 bridgehead atoms. The van der Waals surface area contributed by atoms with E-state index in [2.05, 4.69) is 4.37 Å². The summed E-state index contributed by atoms with van der Waals surface area (Å²) < 4.78 is 10.8. The van der Waals surface area contributed by atoms with E-state index in [-0.39, 0.29) is 0 Å². The number of aromatic nitrogens is 1. The summed E-state index contributed by atoms with van der Waals surface area (Å²) in [4.78, 5) is 0. The number of hydrogen-bond donors (Lipinski definition) is 0. The van der Waals surface area contributed by atoms with E-state index in [9.17, 15) is 0 Å². The third kappa shape index (κ3) is 2.08. The molecule has 96 valence electrons. The Bertz CT molecular complexity index is 754. The molecule has 0 saturated heterocycles. The van der Waals surface area contributed by atoms with Crippen LogP contribution in [-0.2, 0) is 0 Å². The Morgan fingerprint density at radius 1 is 1.05 bits per heavy atom. The first-order valence-electron chi connectivity index (χ1n) is 5.59. The quantitative estimate of drug-likeness (QED) is 0.642. The molecule has 0 aliphatic rings. The Morgan fingerprint density at radius 2 is 1.84 bits per heavy atom. The highest BCUT2D eigenvalue weighted by Crippen LogP contribution is 2.41. The highest BCUT2D eigenvalue weighted by molar-refractivity contribution is 7.13. The highest BCUT2D eigenvalue weighted by atomic mass is 35.5. The van der Waals surface area contributed by atoms with Crippen LogP contribution in [0.4, 0.5) is 0 Å². The first kappa shape index (κ1) is 12.7. The molecule has 0 radical (unpaired) electrons. The van der Waals surface area contributed by atoms with E-state index >= 15 is 0 Å². The first-order chi connectivity index (χ1) is 9.22. The summed E-state index contributed by atoms with van der Waals surface area (Å²) in [5, 5.41) is 1.96. The molecule has 0 aliphatic carbocycles. The van der Waals surface area contributed by atoms with Crippen molar-refractivity contribution in [2.45, 2.75) is 0 Å². The minimum Gasteiger partial charge on any atom is -0.495 e. The van der Waals surface area contributed by atoms with Crippen molar-refractivity contribution in [3.05, 3.63) is 46.4 Å². The second-order valence-corrected chi connectivity index (χ2v) is 5.53. The minimum absolute atomic E-state index is 0.416. The maximum Gasteiger partial charge on any atom is 0.139 e. The monoisotopic (exact) mass is 309 g/mol. The Kier molecular flexibility index (Phi) is 3.35. The van der Waals surface area contributed by atoms with Crippen LogP contribution in [0.1, 0.15) is 0 Å². The Labute approximate surface area is 124 Å². The summed E-state index contributed by atoms with van der Waals surface area (Å²) >= 11 is 14.0. The molecule has 0 atom stereocenters. The lowest BCUT2D eigenvalue weighted by molar-refractivity contribution is 0.415. The second kappa shape index (κ2) is 5.00. The van der Waals surface area contributed by atoms with Gasteiger partial charge in [0.05, 0.1) is 22.5 Å². The van der Waals surface area contributed by atoms with E-state index in [1.54, 1.807) is 13.2 Å². The third-order valence-corrected chi connectivity index (χ3v) is 4.59. The summed E-state index contributed by atoms with van der Waals surface area (Å²) in [5.74, 6) is 0.565. The fraction of sp³-hybridized carbons (Fsp3) is 0.0714. The highest BCUT2D eigenvalue weighted by Gasteiger charge is 2.16. The number of ether oxygens (including phenoxy) is 1. The van der Waals surface area contributed by atoms with E-state index in [1.165, 1.54) is 11.5 Å². The third-order valence-electron chi connectivity index (χ3n) is 2.90. The van der Waals surface area contributed by atoms with Crippen molar-refractivity contribution in [3.8, 4) is 17.0 Å². The van der Waals surface area contributed by atoms with Gasteiger partial charge in [-0.05, 0) is 29.7 Å². The van der Waals surface area contributed by atoms with Crippen molar-refractivity contribution in [2.75, 3.05) is 7.11 Å². The van der Waals surface area contributed by atoms with Gasteiger partial charge in [-0.1, -0.05) is 41.4 Å². The lowest BCUT2D eigenvalue weighted by Gasteiger charge is -2.08. The van der Waals surface area contributed by atoms with Crippen LogP contribution in [0.3, 0.4) is 0 Å². The van der Waals surface area contributed by atoms with Gasteiger partial charge in [0.15, 0.2) is 0 Å². The van der Waals surface area contributed by atoms with Gasteiger partial charge >= 0.3 is 0 Å². The molecule has 2 nitrogen and oxygen atoms in total. The average Bonchev–Trinajstić information content (AvgIpc) is 2.86. The average molecular weight is 310 g/mol. The van der Waals surface area contributed by atoms with Gasteiger partial charge in [-0.15, -0.1) is 0 Å². The number of methoxy groups -OCH3 is 1. The lowest BCUT2D eigenvalue weighted by Crippen LogP contribution is -1.87. The molecule has 19 heavy (non-hydrogen) atoms. The van der Waals surface area contributed by atoms with Crippen molar-refractivity contribution in [1.29, 1.82) is 0 Å². The van der Waals surface area contributed by atoms with Gasteiger partial charge < -0.3 is 4.74 Å². The van der Waals surface area contributed by atoms with Gasteiger partial charge in [-0.2, -0.15) is 4.37 Å². The van der Waals surface area contributed by atoms with E-state index in [0.29, 0.717) is 15.8 Å². The Balaban J connectivity index is 2.25. The van der Waals surface area contributed by atoms with Crippen LogP contribution in [-0.4, -0.2) is 11.5 Å². The van der Waals surface area contributed by atoms with Gasteiger partial charge in [0, 0.05) is 10.9 Å². The normalized spacial score (nSPS) is 10.9. The van der Waals surface area contributed by atoms with Crippen LogP contribution in [0.5, 0.6) is 5.75 Å². The second-order valence-electron chi connectivity index (χ2n) is 3.97. The predicted molar refractivity (Wildman–Crippen MR) is 81.6 cm³/mol. The van der Waals surface area contributed by atoms with Crippen molar-refractivity contribution >= 4 is 44.8 Å². The van der Waals surface area contributed by atoms with Gasteiger partial charge in [-0.3, -0.25) is 0 Å². The van der Waals surface area contributed by atoms with Crippen molar-refractivity contribution in [1.82, 2.24) is 4.37 Å². The van der Waals surface area contributed by atoms with Gasteiger partial charge in [0.1, 0.15) is 10.8 Å². The van der Waals surface area contributed by atoms with Crippen LogP contribution in [0, 0.1) is 0 Å². The van der Waals surface area contributed by atoms with Crippen molar-refractivity contribution < 1.29 is 4.74 Å². The molecule has 0 N–H and O–H groups in total. The molecule has 0 fully saturated rings. The predicted octanol–water partition coefficient (Wildman–Crippen LogP) is 5.28. The molecule has 2 aromatic carbocycles. The molecule has 5 heteroatoms. The molecule has 3 rings (SSSR count). The number of benzene rings is 2. The van der Waals surface area contributed by atoms with Crippen LogP contribution in [0.15, 0.2) is 36.4 Å². The summed E-state index contributed by atoms with van der Waals surface area (Å²) in [6, 6.07) is 11.7. The zero-order chi connectivity index (χ0) is 13.4. The molecule has 0 spiro atoms. The molecular formula is C14H9Cl2NOS. The van der Waals surface area contributed by atoms with E-state index in [1.807, 2.05) is 30.3 Å². The van der Waals surface area contributed by atoms with Crippen LogP contribution >= 0.6 is 34.7 Å². The number of nitrogens with zero attached hydrogens (tertiary/aromatic N) is 1. The van der Waals surface area contributed by atoms with Crippen molar-refractivity contribution in [3.63, 3.8) is 0 Å². The number of halogens is 2. The summed E-state index contributed by atoms with van der Waals surface area (Å²) in [5.41, 5.74) is 1.68. The molecule has 0 amide bonds. The van der Waals surface area contributed by atoms with Crippen LogP contribution in [0.2, 0.25) is 10.0 Å². The molecular weight excluding hydrogens is 301 g/mol. The van der Waals surface area contributed by atoms with E-state index in [0.717, 1.165) is 21.3 Å². The minimum atomic E-state index is 0.416. The summed E-state index contributed by atoms with van der Waals surface area (Å²) in [6.45, 7) is 0. The fourth-order valence-corrected chi connectivity index (χ4v) is 3.23. The summed E-state index contributed by atoms with van der Waals surface area (Å²) in [6.07, 6.45) is 0. The molecule has 0 aliphatic heterocycles. The molecule has 0 saturated carbocycles. The molecule has 3 aromatic rings. The number of rotatable bonds is 2. The zero-order valence-electron chi connectivity index (χ0n) is 9.98. The topological polar surface area (TPSA) is 22.1 Å². The number of hydrogen-bond acceptors (Lipinski definition) is 3. The molecule has 1 aromatic heterocycles.